The topological polar surface area (TPSA) is 101 Å². The van der Waals surface area contributed by atoms with Crippen LogP contribution in [0.25, 0.3) is 11.1 Å². The average Bonchev–Trinajstić information content (AvgIpc) is 2.72. The minimum Gasteiger partial charge on any atom is -0.467 e. The zero-order valence-electron chi connectivity index (χ0n) is 14.9. The normalized spacial score (nSPS) is 14.4. The van der Waals surface area contributed by atoms with Crippen LogP contribution in [-0.2, 0) is 4.79 Å². The Labute approximate surface area is 163 Å². The van der Waals surface area contributed by atoms with Crippen molar-refractivity contribution in [1.29, 1.82) is 5.26 Å². The smallest absolute Gasteiger partial charge is 0.271 e. The van der Waals surface area contributed by atoms with Gasteiger partial charge in [-0.15, -0.1) is 0 Å². The van der Waals surface area contributed by atoms with E-state index in [-0.39, 0.29) is 12.5 Å². The van der Waals surface area contributed by atoms with E-state index in [1.165, 1.54) is 6.42 Å². The molecule has 1 fully saturated rings. The van der Waals surface area contributed by atoms with Crippen molar-refractivity contribution in [3.05, 3.63) is 46.6 Å². The second-order valence-electron chi connectivity index (χ2n) is 6.58. The molecular formula is C20H21ClN4O2. The van der Waals surface area contributed by atoms with Gasteiger partial charge < -0.3 is 4.74 Å². The number of nitriles is 1. The minimum absolute atomic E-state index is 0.161. The maximum absolute atomic E-state index is 11.5. The van der Waals surface area contributed by atoms with Crippen LogP contribution in [0.3, 0.4) is 0 Å². The summed E-state index contributed by atoms with van der Waals surface area (Å²) in [6.45, 7) is -0.299. The highest BCUT2D eigenvalue weighted by Crippen LogP contribution is 2.37. The van der Waals surface area contributed by atoms with Crippen LogP contribution in [0, 0.1) is 11.3 Å². The van der Waals surface area contributed by atoms with Gasteiger partial charge in [0.05, 0.1) is 0 Å². The van der Waals surface area contributed by atoms with Gasteiger partial charge in [-0.25, -0.2) is 10.8 Å². The molecule has 0 radical (unpaired) electrons. The lowest BCUT2D eigenvalue weighted by Crippen LogP contribution is -2.34. The van der Waals surface area contributed by atoms with Gasteiger partial charge in [-0.2, -0.15) is 5.26 Å². The Morgan fingerprint density at radius 2 is 2.00 bits per heavy atom. The first-order chi connectivity index (χ1) is 13.1. The lowest BCUT2D eigenvalue weighted by molar-refractivity contribution is -0.123. The van der Waals surface area contributed by atoms with Crippen molar-refractivity contribution in [1.82, 2.24) is 10.4 Å². The summed E-state index contributed by atoms with van der Waals surface area (Å²) in [5.74, 6) is 5.11. The fraction of sp³-hybridized carbons (Fsp3) is 0.350. The Balaban J connectivity index is 2.06. The Bertz CT molecular complexity index is 856. The molecule has 0 aliphatic heterocycles. The predicted molar refractivity (Wildman–Crippen MR) is 103 cm³/mol. The number of halogens is 1. The second kappa shape index (κ2) is 8.85. The first-order valence-electron chi connectivity index (χ1n) is 8.95. The number of aromatic nitrogens is 1. The van der Waals surface area contributed by atoms with E-state index in [9.17, 15) is 10.1 Å². The molecule has 0 atom stereocenters. The van der Waals surface area contributed by atoms with Crippen LogP contribution in [0.5, 0.6) is 5.88 Å². The van der Waals surface area contributed by atoms with E-state index in [1.807, 2.05) is 23.6 Å². The molecule has 0 saturated heterocycles. The van der Waals surface area contributed by atoms with E-state index in [0.717, 1.165) is 42.5 Å². The van der Waals surface area contributed by atoms with E-state index in [0.29, 0.717) is 16.5 Å². The van der Waals surface area contributed by atoms with Gasteiger partial charge in [0.1, 0.15) is 11.6 Å². The summed E-state index contributed by atoms with van der Waals surface area (Å²) in [6.07, 6.45) is 5.67. The third kappa shape index (κ3) is 4.57. The fourth-order valence-corrected chi connectivity index (χ4v) is 3.52. The SMILES string of the molecule is N#Cc1c(-c2ccc(Cl)cc2)cc(C2CCCCC2)nc1OCC(=O)NN. The van der Waals surface area contributed by atoms with E-state index in [1.54, 1.807) is 12.1 Å². The summed E-state index contributed by atoms with van der Waals surface area (Å²) in [7, 11) is 0. The van der Waals surface area contributed by atoms with Gasteiger partial charge in [-0.1, -0.05) is 43.0 Å². The highest BCUT2D eigenvalue weighted by atomic mass is 35.5. The average molecular weight is 385 g/mol. The molecule has 1 aromatic carbocycles. The number of benzene rings is 1. The van der Waals surface area contributed by atoms with Crippen LogP contribution >= 0.6 is 11.6 Å². The highest BCUT2D eigenvalue weighted by molar-refractivity contribution is 6.30. The second-order valence-corrected chi connectivity index (χ2v) is 7.02. The van der Waals surface area contributed by atoms with Crippen molar-refractivity contribution < 1.29 is 9.53 Å². The number of carbonyl (C=O) groups excluding carboxylic acids is 1. The van der Waals surface area contributed by atoms with Crippen molar-refractivity contribution in [2.75, 3.05) is 6.61 Å². The van der Waals surface area contributed by atoms with E-state index < -0.39 is 5.91 Å². The molecule has 3 N–H and O–H groups in total. The number of hydrogen-bond acceptors (Lipinski definition) is 5. The lowest BCUT2D eigenvalue weighted by Gasteiger charge is -2.23. The fourth-order valence-electron chi connectivity index (χ4n) is 3.39. The van der Waals surface area contributed by atoms with E-state index in [2.05, 4.69) is 11.1 Å². The maximum Gasteiger partial charge on any atom is 0.271 e. The summed E-state index contributed by atoms with van der Waals surface area (Å²) < 4.78 is 5.55. The molecule has 1 heterocycles. The number of amides is 1. The van der Waals surface area contributed by atoms with E-state index >= 15 is 0 Å². The molecule has 0 bridgehead atoms. The number of ether oxygens (including phenoxy) is 1. The zero-order chi connectivity index (χ0) is 19.2. The zero-order valence-corrected chi connectivity index (χ0v) is 15.6. The quantitative estimate of drug-likeness (QED) is 0.465. The molecule has 2 aromatic rings. The maximum atomic E-state index is 11.5. The molecule has 140 valence electrons. The van der Waals surface area contributed by atoms with Crippen LogP contribution in [0.15, 0.2) is 30.3 Å². The first kappa shape index (κ1) is 19.2. The molecule has 1 amide bonds. The number of rotatable bonds is 5. The van der Waals surface area contributed by atoms with Gasteiger partial charge in [0, 0.05) is 22.2 Å². The van der Waals surface area contributed by atoms with Crippen molar-refractivity contribution >= 4 is 17.5 Å². The Morgan fingerprint density at radius 1 is 1.30 bits per heavy atom. The lowest BCUT2D eigenvalue weighted by atomic mass is 9.85. The molecule has 1 aliphatic carbocycles. The number of nitrogens with zero attached hydrogens (tertiary/aromatic N) is 2. The van der Waals surface area contributed by atoms with Crippen LogP contribution in [0.2, 0.25) is 5.02 Å². The van der Waals surface area contributed by atoms with Gasteiger partial charge in [0.2, 0.25) is 5.88 Å². The predicted octanol–water partition coefficient (Wildman–Crippen LogP) is 3.69. The molecule has 3 rings (SSSR count). The first-order valence-corrected chi connectivity index (χ1v) is 9.33. The largest absolute Gasteiger partial charge is 0.467 e. The third-order valence-corrected chi connectivity index (χ3v) is 5.05. The highest BCUT2D eigenvalue weighted by Gasteiger charge is 2.22. The van der Waals surface area contributed by atoms with Crippen molar-refractivity contribution in [3.63, 3.8) is 0 Å². The summed E-state index contributed by atoms with van der Waals surface area (Å²) in [4.78, 5) is 16.1. The number of carbonyl (C=O) groups is 1. The molecule has 7 heteroatoms. The monoisotopic (exact) mass is 384 g/mol. The van der Waals surface area contributed by atoms with Crippen LogP contribution < -0.4 is 16.0 Å². The van der Waals surface area contributed by atoms with Crippen LogP contribution in [0.1, 0.15) is 49.3 Å². The molecule has 1 aliphatic rings. The van der Waals surface area contributed by atoms with Gasteiger partial charge in [-0.05, 0) is 36.6 Å². The molecular weight excluding hydrogens is 364 g/mol. The number of pyridine rings is 1. The number of hydrogen-bond donors (Lipinski definition) is 2. The molecule has 6 nitrogen and oxygen atoms in total. The molecule has 1 saturated carbocycles. The number of hydrazine groups is 1. The van der Waals surface area contributed by atoms with Crippen molar-refractivity contribution in [2.24, 2.45) is 5.84 Å². The van der Waals surface area contributed by atoms with Gasteiger partial charge in [0.15, 0.2) is 6.61 Å². The standard InChI is InChI=1S/C20H21ClN4O2/c21-15-8-6-13(7-9-15)16-10-18(14-4-2-1-3-5-14)24-20(17(16)11-22)27-12-19(26)25-23/h6-10,14H,1-5,12,23H2,(H,25,26). The van der Waals surface area contributed by atoms with Gasteiger partial charge in [-0.3, -0.25) is 10.2 Å². The number of nitrogens with two attached hydrogens (primary N) is 1. The molecule has 1 aromatic heterocycles. The van der Waals surface area contributed by atoms with Gasteiger partial charge in [0.25, 0.3) is 5.91 Å². The minimum atomic E-state index is -0.489. The molecule has 0 spiro atoms. The van der Waals surface area contributed by atoms with Crippen molar-refractivity contribution in [3.8, 4) is 23.1 Å². The number of nitrogens with one attached hydrogen (secondary N) is 1. The molecule has 27 heavy (non-hydrogen) atoms. The Morgan fingerprint density at radius 3 is 2.63 bits per heavy atom. The summed E-state index contributed by atoms with van der Waals surface area (Å²) in [5, 5.41) is 10.3. The Kier molecular flexibility index (Phi) is 6.28. The molecule has 0 unspecified atom stereocenters. The van der Waals surface area contributed by atoms with E-state index in [4.69, 9.17) is 22.2 Å². The Hall–Kier alpha value is -2.62. The van der Waals surface area contributed by atoms with Crippen molar-refractivity contribution in [2.45, 2.75) is 38.0 Å². The summed E-state index contributed by atoms with van der Waals surface area (Å²) in [5.41, 5.74) is 4.78. The van der Waals surface area contributed by atoms with Gasteiger partial charge >= 0.3 is 0 Å². The third-order valence-electron chi connectivity index (χ3n) is 4.80. The van der Waals surface area contributed by atoms with Crippen LogP contribution in [-0.4, -0.2) is 17.5 Å². The van der Waals surface area contributed by atoms with Crippen LogP contribution in [0.4, 0.5) is 0 Å². The summed E-state index contributed by atoms with van der Waals surface area (Å²) >= 11 is 6.00. The summed E-state index contributed by atoms with van der Waals surface area (Å²) in [6, 6.07) is 11.4.